The van der Waals surface area contributed by atoms with Gasteiger partial charge in [0, 0.05) is 10.9 Å². The molecule has 0 atom stereocenters. The van der Waals surface area contributed by atoms with Gasteiger partial charge in [-0.3, -0.25) is 0 Å². The summed E-state index contributed by atoms with van der Waals surface area (Å²) in [5.41, 5.74) is 7.61. The number of aromatic nitrogens is 1. The molecule has 0 unspecified atom stereocenters. The molecular weight excluding hydrogens is 208 g/mol. The normalized spacial score (nSPS) is 10.9. The van der Waals surface area contributed by atoms with E-state index in [1.807, 2.05) is 24.3 Å². The first-order valence-corrected chi connectivity index (χ1v) is 5.36. The number of nitrogens with two attached hydrogens (primary N) is 1. The molecular formula is C11H8N2OS. The van der Waals surface area contributed by atoms with Gasteiger partial charge in [0.25, 0.3) is 0 Å². The van der Waals surface area contributed by atoms with Gasteiger partial charge in [0.15, 0.2) is 11.4 Å². The Kier molecular flexibility index (Phi) is 1.76. The molecule has 3 aromatic rings. The zero-order chi connectivity index (χ0) is 10.3. The van der Waals surface area contributed by atoms with Crippen molar-refractivity contribution in [2.75, 3.05) is 5.73 Å². The second-order valence-electron chi connectivity index (χ2n) is 3.24. The van der Waals surface area contributed by atoms with E-state index in [1.165, 1.54) is 5.56 Å². The van der Waals surface area contributed by atoms with Crippen molar-refractivity contribution in [2.45, 2.75) is 0 Å². The smallest absolute Gasteiger partial charge is 0.184 e. The molecule has 1 aromatic carbocycles. The topological polar surface area (TPSA) is 52.0 Å². The molecule has 4 heteroatoms. The number of nitrogen functional groups attached to an aromatic ring is 1. The highest BCUT2D eigenvalue weighted by Crippen LogP contribution is 2.36. The van der Waals surface area contributed by atoms with Crippen molar-refractivity contribution in [3.63, 3.8) is 0 Å². The largest absolute Gasteiger partial charge is 0.380 e. The van der Waals surface area contributed by atoms with Crippen LogP contribution in [-0.4, -0.2) is 5.16 Å². The van der Waals surface area contributed by atoms with E-state index in [2.05, 4.69) is 17.3 Å². The molecule has 0 amide bonds. The molecule has 3 nitrogen and oxygen atoms in total. The number of fused-ring (bicyclic) bond motifs is 1. The van der Waals surface area contributed by atoms with E-state index in [0.29, 0.717) is 5.82 Å². The van der Waals surface area contributed by atoms with Gasteiger partial charge < -0.3 is 10.3 Å². The predicted octanol–water partition coefficient (Wildman–Crippen LogP) is 3.14. The maximum Gasteiger partial charge on any atom is 0.184 e. The summed E-state index contributed by atoms with van der Waals surface area (Å²) in [6, 6.07) is 12.1. The Hall–Kier alpha value is -1.81. The zero-order valence-corrected chi connectivity index (χ0v) is 8.62. The van der Waals surface area contributed by atoms with Gasteiger partial charge in [-0.1, -0.05) is 35.5 Å². The molecule has 2 heterocycles. The van der Waals surface area contributed by atoms with Crippen LogP contribution >= 0.6 is 11.3 Å². The molecule has 2 aromatic heterocycles. The Morgan fingerprint density at radius 3 is 2.73 bits per heavy atom. The highest BCUT2D eigenvalue weighted by atomic mass is 32.1. The first-order valence-electron chi connectivity index (χ1n) is 4.55. The zero-order valence-electron chi connectivity index (χ0n) is 7.81. The van der Waals surface area contributed by atoms with Crippen LogP contribution in [0.1, 0.15) is 0 Å². The Balaban J connectivity index is 2.20. The molecule has 0 bridgehead atoms. The number of thiophene rings is 1. The minimum Gasteiger partial charge on any atom is -0.380 e. The Bertz CT molecular complexity index is 597. The van der Waals surface area contributed by atoms with E-state index in [-0.39, 0.29) is 0 Å². The van der Waals surface area contributed by atoms with Crippen molar-refractivity contribution in [3.05, 3.63) is 36.4 Å². The van der Waals surface area contributed by atoms with Crippen LogP contribution in [0.2, 0.25) is 0 Å². The molecule has 0 aliphatic carbocycles. The Labute approximate surface area is 90.1 Å². The number of anilines is 1. The van der Waals surface area contributed by atoms with Crippen LogP contribution in [0.15, 0.2) is 40.9 Å². The van der Waals surface area contributed by atoms with Crippen LogP contribution in [0, 0.1) is 0 Å². The number of nitrogens with zero attached hydrogens (tertiary/aromatic N) is 1. The maximum absolute atomic E-state index is 5.67. The van der Waals surface area contributed by atoms with E-state index in [9.17, 15) is 0 Å². The summed E-state index contributed by atoms with van der Waals surface area (Å²) in [6.07, 6.45) is 0. The van der Waals surface area contributed by atoms with Crippen LogP contribution in [0.3, 0.4) is 0 Å². The SMILES string of the molecule is Nc1noc2cc(-c3ccccc3)sc12. The summed E-state index contributed by atoms with van der Waals surface area (Å²) in [5.74, 6) is 0.470. The second kappa shape index (κ2) is 3.10. The van der Waals surface area contributed by atoms with Gasteiger partial charge in [-0.05, 0) is 5.56 Å². The molecule has 0 fully saturated rings. The third-order valence-electron chi connectivity index (χ3n) is 2.23. The van der Waals surface area contributed by atoms with Crippen LogP contribution in [0.4, 0.5) is 5.82 Å². The lowest BCUT2D eigenvalue weighted by molar-refractivity contribution is 0.461. The minimum atomic E-state index is 0.470. The molecule has 15 heavy (non-hydrogen) atoms. The van der Waals surface area contributed by atoms with Gasteiger partial charge in [-0.25, -0.2) is 0 Å². The van der Waals surface area contributed by atoms with Crippen LogP contribution in [0.5, 0.6) is 0 Å². The first kappa shape index (κ1) is 8.49. The molecule has 0 saturated carbocycles. The fraction of sp³-hybridized carbons (Fsp3) is 0. The number of hydrogen-bond donors (Lipinski definition) is 1. The number of rotatable bonds is 1. The van der Waals surface area contributed by atoms with Crippen molar-refractivity contribution < 1.29 is 4.52 Å². The molecule has 0 radical (unpaired) electrons. The fourth-order valence-corrected chi connectivity index (χ4v) is 2.48. The summed E-state index contributed by atoms with van der Waals surface area (Å²) < 4.78 is 6.01. The van der Waals surface area contributed by atoms with Crippen LogP contribution in [-0.2, 0) is 0 Å². The third kappa shape index (κ3) is 1.30. The summed E-state index contributed by atoms with van der Waals surface area (Å²) in [7, 11) is 0. The van der Waals surface area contributed by atoms with Gasteiger partial charge in [0.05, 0.1) is 0 Å². The van der Waals surface area contributed by atoms with Crippen molar-refractivity contribution >= 4 is 27.4 Å². The molecule has 0 saturated heterocycles. The van der Waals surface area contributed by atoms with Crippen LogP contribution in [0.25, 0.3) is 20.7 Å². The predicted molar refractivity (Wildman–Crippen MR) is 61.7 cm³/mol. The lowest BCUT2D eigenvalue weighted by atomic mass is 10.2. The molecule has 3 rings (SSSR count). The Morgan fingerprint density at radius 2 is 2.00 bits per heavy atom. The Morgan fingerprint density at radius 1 is 1.20 bits per heavy atom. The maximum atomic E-state index is 5.67. The van der Waals surface area contributed by atoms with Crippen molar-refractivity contribution in [1.29, 1.82) is 0 Å². The van der Waals surface area contributed by atoms with Gasteiger partial charge >= 0.3 is 0 Å². The average molecular weight is 216 g/mol. The molecule has 2 N–H and O–H groups in total. The standard InChI is InChI=1S/C11H8N2OS/c12-11-10-8(14-13-11)6-9(15-10)7-4-2-1-3-5-7/h1-6H,(H2,12,13). The molecule has 0 spiro atoms. The van der Waals surface area contributed by atoms with E-state index < -0.39 is 0 Å². The van der Waals surface area contributed by atoms with Crippen molar-refractivity contribution in [3.8, 4) is 10.4 Å². The minimum absolute atomic E-state index is 0.470. The lowest BCUT2D eigenvalue weighted by Gasteiger charge is -1.93. The van der Waals surface area contributed by atoms with E-state index >= 15 is 0 Å². The van der Waals surface area contributed by atoms with Gasteiger partial charge in [0.1, 0.15) is 4.70 Å². The summed E-state index contributed by atoms with van der Waals surface area (Å²) >= 11 is 1.60. The van der Waals surface area contributed by atoms with Gasteiger partial charge in [-0.2, -0.15) is 0 Å². The summed E-state index contributed by atoms with van der Waals surface area (Å²) in [6.45, 7) is 0. The summed E-state index contributed by atoms with van der Waals surface area (Å²) in [5, 5.41) is 3.70. The van der Waals surface area contributed by atoms with Crippen LogP contribution < -0.4 is 5.73 Å². The molecule has 74 valence electrons. The number of hydrogen-bond acceptors (Lipinski definition) is 4. The van der Waals surface area contributed by atoms with E-state index in [4.69, 9.17) is 10.3 Å². The molecule has 0 aliphatic heterocycles. The van der Waals surface area contributed by atoms with Crippen molar-refractivity contribution in [1.82, 2.24) is 5.16 Å². The molecule has 0 aliphatic rings. The quantitative estimate of drug-likeness (QED) is 0.679. The summed E-state index contributed by atoms with van der Waals surface area (Å²) in [4.78, 5) is 1.15. The second-order valence-corrected chi connectivity index (χ2v) is 4.29. The highest BCUT2D eigenvalue weighted by Gasteiger charge is 2.10. The van der Waals surface area contributed by atoms with Gasteiger partial charge in [-0.15, -0.1) is 11.3 Å². The highest BCUT2D eigenvalue weighted by molar-refractivity contribution is 7.22. The average Bonchev–Trinajstić information content (AvgIpc) is 2.83. The van der Waals surface area contributed by atoms with Gasteiger partial charge in [0.2, 0.25) is 0 Å². The van der Waals surface area contributed by atoms with E-state index in [0.717, 1.165) is 15.2 Å². The monoisotopic (exact) mass is 216 g/mol. The lowest BCUT2D eigenvalue weighted by Crippen LogP contribution is -1.80. The number of benzene rings is 1. The fourth-order valence-electron chi connectivity index (χ4n) is 1.51. The third-order valence-corrected chi connectivity index (χ3v) is 3.42. The van der Waals surface area contributed by atoms with Crippen molar-refractivity contribution in [2.24, 2.45) is 0 Å². The first-order chi connectivity index (χ1) is 7.34. The van der Waals surface area contributed by atoms with E-state index in [1.54, 1.807) is 11.3 Å².